The van der Waals surface area contributed by atoms with Crippen LogP contribution >= 0.6 is 0 Å². The molecular formula is C15H28N2O4. The van der Waals surface area contributed by atoms with Crippen molar-refractivity contribution < 1.29 is 19.8 Å². The van der Waals surface area contributed by atoms with Gasteiger partial charge in [-0.25, -0.2) is 0 Å². The van der Waals surface area contributed by atoms with Gasteiger partial charge >= 0.3 is 5.97 Å². The van der Waals surface area contributed by atoms with Crippen molar-refractivity contribution in [2.24, 2.45) is 11.8 Å². The maximum absolute atomic E-state index is 11.8. The van der Waals surface area contributed by atoms with E-state index in [1.807, 2.05) is 13.8 Å². The molecule has 0 aromatic carbocycles. The monoisotopic (exact) mass is 300 g/mol. The Bertz CT molecular complexity index is 363. The minimum absolute atomic E-state index is 0.0773. The largest absolute Gasteiger partial charge is 0.481 e. The minimum Gasteiger partial charge on any atom is -0.481 e. The van der Waals surface area contributed by atoms with Gasteiger partial charge < -0.3 is 20.8 Å². The summed E-state index contributed by atoms with van der Waals surface area (Å²) in [6.07, 6.45) is 1.89. The van der Waals surface area contributed by atoms with Crippen molar-refractivity contribution >= 4 is 11.9 Å². The van der Waals surface area contributed by atoms with Gasteiger partial charge in [0.05, 0.1) is 17.6 Å². The molecule has 0 saturated heterocycles. The van der Waals surface area contributed by atoms with E-state index < -0.39 is 11.6 Å². The van der Waals surface area contributed by atoms with Crippen LogP contribution in [-0.4, -0.2) is 46.8 Å². The second-order valence-corrected chi connectivity index (χ2v) is 6.58. The highest BCUT2D eigenvalue weighted by molar-refractivity contribution is 5.81. The van der Waals surface area contributed by atoms with Crippen LogP contribution < -0.4 is 10.6 Å². The molecule has 1 fully saturated rings. The third-order valence-electron chi connectivity index (χ3n) is 4.08. The lowest BCUT2D eigenvalue weighted by Gasteiger charge is -2.35. The molecule has 0 bridgehead atoms. The molecule has 6 nitrogen and oxygen atoms in total. The Balaban J connectivity index is 2.34. The van der Waals surface area contributed by atoms with Gasteiger partial charge in [-0.05, 0) is 38.5 Å². The second-order valence-electron chi connectivity index (χ2n) is 6.58. The summed E-state index contributed by atoms with van der Waals surface area (Å²) in [7, 11) is 0. The quantitative estimate of drug-likeness (QED) is 0.556. The Morgan fingerprint density at radius 1 is 1.24 bits per heavy atom. The fraction of sp³-hybridized carbons (Fsp3) is 0.867. The second kappa shape index (κ2) is 7.75. The maximum Gasteiger partial charge on any atom is 0.306 e. The van der Waals surface area contributed by atoms with E-state index in [-0.39, 0.29) is 17.9 Å². The maximum atomic E-state index is 11.8. The minimum atomic E-state index is -0.904. The van der Waals surface area contributed by atoms with Crippen molar-refractivity contribution in [1.29, 1.82) is 0 Å². The van der Waals surface area contributed by atoms with Crippen molar-refractivity contribution in [1.82, 2.24) is 10.6 Å². The van der Waals surface area contributed by atoms with Gasteiger partial charge in [-0.3, -0.25) is 9.59 Å². The van der Waals surface area contributed by atoms with E-state index in [1.165, 1.54) is 0 Å². The SMILES string of the molecule is CC(C)CNC(=O)C(C)NCC1(O)CCC(C(=O)O)CC1. The molecule has 1 atom stereocenters. The summed E-state index contributed by atoms with van der Waals surface area (Å²) in [5.74, 6) is -0.813. The van der Waals surface area contributed by atoms with Crippen LogP contribution in [0.15, 0.2) is 0 Å². The topological polar surface area (TPSA) is 98.7 Å². The predicted molar refractivity (Wildman–Crippen MR) is 79.9 cm³/mol. The predicted octanol–water partition coefficient (Wildman–Crippen LogP) is 0.743. The fourth-order valence-corrected chi connectivity index (χ4v) is 2.47. The normalized spacial score (nSPS) is 27.4. The number of amides is 1. The first-order chi connectivity index (χ1) is 9.73. The molecule has 122 valence electrons. The summed E-state index contributed by atoms with van der Waals surface area (Å²) >= 11 is 0. The molecule has 1 aliphatic carbocycles. The standard InChI is InChI=1S/C15H28N2O4/c1-10(2)8-16-13(18)11(3)17-9-15(21)6-4-12(5-7-15)14(19)20/h10-12,17,21H,4-9H2,1-3H3,(H,16,18)(H,19,20). The lowest BCUT2D eigenvalue weighted by Crippen LogP contribution is -2.51. The van der Waals surface area contributed by atoms with E-state index in [0.717, 1.165) is 0 Å². The third kappa shape index (κ3) is 6.01. The average Bonchev–Trinajstić information content (AvgIpc) is 2.42. The van der Waals surface area contributed by atoms with Gasteiger partial charge in [0.15, 0.2) is 0 Å². The molecule has 6 heteroatoms. The van der Waals surface area contributed by atoms with Crippen molar-refractivity contribution in [2.45, 2.75) is 58.1 Å². The number of carboxylic acids is 1. The van der Waals surface area contributed by atoms with Gasteiger partial charge in [0.25, 0.3) is 0 Å². The summed E-state index contributed by atoms with van der Waals surface area (Å²) < 4.78 is 0. The van der Waals surface area contributed by atoms with Crippen LogP contribution in [0.5, 0.6) is 0 Å². The van der Waals surface area contributed by atoms with Crippen LogP contribution in [0.2, 0.25) is 0 Å². The third-order valence-corrected chi connectivity index (χ3v) is 4.08. The molecule has 0 aromatic heterocycles. The van der Waals surface area contributed by atoms with E-state index >= 15 is 0 Å². The number of rotatable bonds is 7. The van der Waals surface area contributed by atoms with Crippen molar-refractivity contribution in [2.75, 3.05) is 13.1 Å². The van der Waals surface area contributed by atoms with Crippen LogP contribution in [0.4, 0.5) is 0 Å². The number of aliphatic hydroxyl groups is 1. The smallest absolute Gasteiger partial charge is 0.306 e. The first-order valence-electron chi connectivity index (χ1n) is 7.70. The first kappa shape index (κ1) is 17.9. The molecule has 0 heterocycles. The highest BCUT2D eigenvalue weighted by Crippen LogP contribution is 2.31. The summed E-state index contributed by atoms with van der Waals surface area (Å²) in [5.41, 5.74) is -0.904. The van der Waals surface area contributed by atoms with Crippen molar-refractivity contribution in [3.8, 4) is 0 Å². The highest BCUT2D eigenvalue weighted by atomic mass is 16.4. The van der Waals surface area contributed by atoms with Gasteiger partial charge in [-0.15, -0.1) is 0 Å². The van der Waals surface area contributed by atoms with E-state index in [4.69, 9.17) is 5.11 Å². The fourth-order valence-electron chi connectivity index (χ4n) is 2.47. The van der Waals surface area contributed by atoms with Gasteiger partial charge in [-0.1, -0.05) is 13.8 Å². The molecule has 0 aliphatic heterocycles. The zero-order valence-corrected chi connectivity index (χ0v) is 13.2. The number of carbonyl (C=O) groups excluding carboxylic acids is 1. The lowest BCUT2D eigenvalue weighted by atomic mass is 9.78. The van der Waals surface area contributed by atoms with Crippen LogP contribution in [0.25, 0.3) is 0 Å². The van der Waals surface area contributed by atoms with Crippen molar-refractivity contribution in [3.05, 3.63) is 0 Å². The molecule has 1 amide bonds. The molecule has 1 aliphatic rings. The van der Waals surface area contributed by atoms with Crippen LogP contribution in [0, 0.1) is 11.8 Å². The lowest BCUT2D eigenvalue weighted by molar-refractivity contribution is -0.144. The van der Waals surface area contributed by atoms with E-state index in [9.17, 15) is 14.7 Å². The summed E-state index contributed by atoms with van der Waals surface area (Å²) in [6.45, 7) is 6.77. The number of hydrogen-bond donors (Lipinski definition) is 4. The number of hydrogen-bond acceptors (Lipinski definition) is 4. The number of aliphatic carboxylic acids is 1. The summed E-state index contributed by atoms with van der Waals surface area (Å²) in [4.78, 5) is 22.7. The zero-order chi connectivity index (χ0) is 16.0. The Morgan fingerprint density at radius 3 is 2.29 bits per heavy atom. The summed E-state index contributed by atoms with van der Waals surface area (Å²) in [6, 6.07) is -0.370. The van der Waals surface area contributed by atoms with Crippen LogP contribution in [0.1, 0.15) is 46.5 Å². The molecule has 1 rings (SSSR count). The van der Waals surface area contributed by atoms with E-state index in [1.54, 1.807) is 6.92 Å². The van der Waals surface area contributed by atoms with Crippen molar-refractivity contribution in [3.63, 3.8) is 0 Å². The molecular weight excluding hydrogens is 272 g/mol. The number of nitrogens with one attached hydrogen (secondary N) is 2. The zero-order valence-electron chi connectivity index (χ0n) is 13.2. The van der Waals surface area contributed by atoms with Gasteiger partial charge in [0, 0.05) is 13.1 Å². The average molecular weight is 300 g/mol. The molecule has 21 heavy (non-hydrogen) atoms. The molecule has 0 radical (unpaired) electrons. The Morgan fingerprint density at radius 2 is 1.81 bits per heavy atom. The molecule has 1 unspecified atom stereocenters. The molecule has 0 aromatic rings. The number of carbonyl (C=O) groups is 2. The highest BCUT2D eigenvalue weighted by Gasteiger charge is 2.36. The Kier molecular flexibility index (Phi) is 6.61. The first-order valence-corrected chi connectivity index (χ1v) is 7.70. The molecule has 4 N–H and O–H groups in total. The van der Waals surface area contributed by atoms with Gasteiger partial charge in [0.2, 0.25) is 5.91 Å². The molecule has 1 saturated carbocycles. The Labute approximate surface area is 126 Å². The number of carboxylic acid groups (broad SMARTS) is 1. The van der Waals surface area contributed by atoms with Gasteiger partial charge in [0.1, 0.15) is 0 Å². The Hall–Kier alpha value is -1.14. The van der Waals surface area contributed by atoms with Crippen LogP contribution in [0.3, 0.4) is 0 Å². The van der Waals surface area contributed by atoms with Gasteiger partial charge in [-0.2, -0.15) is 0 Å². The molecule has 0 spiro atoms. The van der Waals surface area contributed by atoms with Crippen LogP contribution in [-0.2, 0) is 9.59 Å². The van der Waals surface area contributed by atoms with E-state index in [2.05, 4.69) is 10.6 Å². The summed E-state index contributed by atoms with van der Waals surface area (Å²) in [5, 5.41) is 25.3. The van der Waals surface area contributed by atoms with E-state index in [0.29, 0.717) is 44.7 Å².